The number of likely N-dealkylation sites (tertiary alicyclic amines) is 1. The van der Waals surface area contributed by atoms with Crippen LogP contribution in [-0.2, 0) is 11.3 Å². The van der Waals surface area contributed by atoms with Crippen molar-refractivity contribution in [2.45, 2.75) is 25.5 Å². The third-order valence-electron chi connectivity index (χ3n) is 3.06. The monoisotopic (exact) mass is 240 g/mol. The number of hydrogen-bond acceptors (Lipinski definition) is 3. The van der Waals surface area contributed by atoms with Crippen molar-refractivity contribution in [1.82, 2.24) is 9.88 Å². The summed E-state index contributed by atoms with van der Waals surface area (Å²) in [5.74, 6) is 0. The summed E-state index contributed by atoms with van der Waals surface area (Å²) >= 11 is 5.75. The second-order valence-corrected chi connectivity index (χ2v) is 4.59. The average Bonchev–Trinajstić information content (AvgIpc) is 2.33. The lowest BCUT2D eigenvalue weighted by molar-refractivity contribution is 0.0388. The highest BCUT2D eigenvalue weighted by Gasteiger charge is 2.18. The molecule has 0 atom stereocenters. The fourth-order valence-corrected chi connectivity index (χ4v) is 2.17. The molecule has 0 aliphatic carbocycles. The lowest BCUT2D eigenvalue weighted by Crippen LogP contribution is -2.36. The molecule has 3 nitrogen and oxygen atoms in total. The summed E-state index contributed by atoms with van der Waals surface area (Å²) in [6.45, 7) is 3.16. The van der Waals surface area contributed by atoms with Gasteiger partial charge < -0.3 is 4.74 Å². The topological polar surface area (TPSA) is 25.4 Å². The number of nitrogens with zero attached hydrogens (tertiary/aromatic N) is 2. The standard InChI is InChI=1S/C12H17ClN2O/c1-16-11-4-6-15(7-5-11)9-10-2-3-12(13)14-8-10/h2-3,8,11H,4-7,9H2,1H3. The molecule has 0 radical (unpaired) electrons. The minimum atomic E-state index is 0.444. The maximum Gasteiger partial charge on any atom is 0.129 e. The molecule has 0 aromatic carbocycles. The molecule has 4 heteroatoms. The SMILES string of the molecule is COC1CCN(Cc2ccc(Cl)nc2)CC1. The van der Waals surface area contributed by atoms with Crippen molar-refractivity contribution in [3.8, 4) is 0 Å². The quantitative estimate of drug-likeness (QED) is 0.759. The lowest BCUT2D eigenvalue weighted by Gasteiger charge is -2.31. The smallest absolute Gasteiger partial charge is 0.129 e. The van der Waals surface area contributed by atoms with Crippen LogP contribution in [0.25, 0.3) is 0 Å². The molecule has 1 aliphatic heterocycles. The molecule has 0 N–H and O–H groups in total. The predicted octanol–water partition coefficient (Wildman–Crippen LogP) is 2.35. The van der Waals surface area contributed by atoms with E-state index in [0.29, 0.717) is 11.3 Å². The van der Waals surface area contributed by atoms with Gasteiger partial charge in [0.2, 0.25) is 0 Å². The van der Waals surface area contributed by atoms with E-state index in [1.54, 1.807) is 7.11 Å². The van der Waals surface area contributed by atoms with Gasteiger partial charge in [0.1, 0.15) is 5.15 Å². The van der Waals surface area contributed by atoms with E-state index in [4.69, 9.17) is 16.3 Å². The number of aromatic nitrogens is 1. The van der Waals surface area contributed by atoms with Gasteiger partial charge in [-0.2, -0.15) is 0 Å². The Labute approximate surface area is 101 Å². The highest BCUT2D eigenvalue weighted by molar-refractivity contribution is 6.29. The summed E-state index contributed by atoms with van der Waals surface area (Å²) in [5.41, 5.74) is 1.22. The zero-order valence-electron chi connectivity index (χ0n) is 9.53. The third-order valence-corrected chi connectivity index (χ3v) is 3.29. The van der Waals surface area contributed by atoms with Crippen molar-refractivity contribution < 1.29 is 4.74 Å². The molecule has 2 heterocycles. The minimum absolute atomic E-state index is 0.444. The van der Waals surface area contributed by atoms with Crippen LogP contribution in [0.3, 0.4) is 0 Å². The highest BCUT2D eigenvalue weighted by atomic mass is 35.5. The predicted molar refractivity (Wildman–Crippen MR) is 64.6 cm³/mol. The van der Waals surface area contributed by atoms with Crippen molar-refractivity contribution >= 4 is 11.6 Å². The van der Waals surface area contributed by atoms with Crippen molar-refractivity contribution in [2.24, 2.45) is 0 Å². The largest absolute Gasteiger partial charge is 0.381 e. The molecular formula is C12H17ClN2O. The normalized spacial score (nSPS) is 18.9. The van der Waals surface area contributed by atoms with Gasteiger partial charge >= 0.3 is 0 Å². The first-order valence-electron chi connectivity index (χ1n) is 5.63. The van der Waals surface area contributed by atoms with Crippen LogP contribution in [0.2, 0.25) is 5.15 Å². The van der Waals surface area contributed by atoms with Gasteiger partial charge in [0.25, 0.3) is 0 Å². The van der Waals surface area contributed by atoms with E-state index in [1.165, 1.54) is 5.56 Å². The lowest BCUT2D eigenvalue weighted by atomic mass is 10.1. The molecular weight excluding hydrogens is 224 g/mol. The summed E-state index contributed by atoms with van der Waals surface area (Å²) in [5, 5.41) is 0.557. The fourth-order valence-electron chi connectivity index (χ4n) is 2.06. The zero-order chi connectivity index (χ0) is 11.4. The molecule has 0 saturated carbocycles. The molecule has 1 aliphatic rings. The van der Waals surface area contributed by atoms with Crippen LogP contribution >= 0.6 is 11.6 Å². The Bertz CT molecular complexity index is 320. The van der Waals surface area contributed by atoms with Gasteiger partial charge in [0.05, 0.1) is 6.10 Å². The Morgan fingerprint density at radius 2 is 2.19 bits per heavy atom. The van der Waals surface area contributed by atoms with Crippen LogP contribution in [0.1, 0.15) is 18.4 Å². The maximum atomic E-state index is 5.75. The molecule has 0 unspecified atom stereocenters. The van der Waals surface area contributed by atoms with E-state index in [1.807, 2.05) is 18.3 Å². The number of pyridine rings is 1. The first kappa shape index (κ1) is 11.8. The van der Waals surface area contributed by atoms with Crippen LogP contribution in [0.15, 0.2) is 18.3 Å². The zero-order valence-corrected chi connectivity index (χ0v) is 10.3. The summed E-state index contributed by atoms with van der Waals surface area (Å²) in [7, 11) is 1.80. The van der Waals surface area contributed by atoms with Crippen molar-refractivity contribution in [3.05, 3.63) is 29.0 Å². The summed E-state index contributed by atoms with van der Waals surface area (Å²) < 4.78 is 5.35. The Balaban J connectivity index is 1.84. The van der Waals surface area contributed by atoms with Gasteiger partial charge in [-0.1, -0.05) is 17.7 Å². The summed E-state index contributed by atoms with van der Waals surface area (Å²) in [4.78, 5) is 6.52. The number of hydrogen-bond donors (Lipinski definition) is 0. The van der Waals surface area contributed by atoms with E-state index in [9.17, 15) is 0 Å². The molecule has 2 rings (SSSR count). The van der Waals surface area contributed by atoms with Crippen molar-refractivity contribution in [2.75, 3.05) is 20.2 Å². The van der Waals surface area contributed by atoms with Gasteiger partial charge in [-0.15, -0.1) is 0 Å². The molecule has 1 aromatic rings. The number of methoxy groups -OCH3 is 1. The van der Waals surface area contributed by atoms with Gasteiger partial charge in [-0.25, -0.2) is 4.98 Å². The highest BCUT2D eigenvalue weighted by Crippen LogP contribution is 2.15. The maximum absolute atomic E-state index is 5.75. The number of piperidine rings is 1. The molecule has 0 bridgehead atoms. The van der Waals surface area contributed by atoms with E-state index in [2.05, 4.69) is 9.88 Å². The van der Waals surface area contributed by atoms with Gasteiger partial charge in [-0.3, -0.25) is 4.90 Å². The van der Waals surface area contributed by atoms with E-state index in [-0.39, 0.29) is 0 Å². The van der Waals surface area contributed by atoms with Gasteiger partial charge in [-0.05, 0) is 24.5 Å². The first-order chi connectivity index (χ1) is 7.78. The van der Waals surface area contributed by atoms with E-state index >= 15 is 0 Å². The number of rotatable bonds is 3. The molecule has 88 valence electrons. The summed E-state index contributed by atoms with van der Waals surface area (Å²) in [6.07, 6.45) is 4.54. The second kappa shape index (κ2) is 5.62. The molecule has 16 heavy (non-hydrogen) atoms. The number of halogens is 1. The van der Waals surface area contributed by atoms with Crippen LogP contribution in [0, 0.1) is 0 Å². The summed E-state index contributed by atoms with van der Waals surface area (Å²) in [6, 6.07) is 3.89. The fraction of sp³-hybridized carbons (Fsp3) is 0.583. The van der Waals surface area contributed by atoms with E-state index < -0.39 is 0 Å². The Morgan fingerprint density at radius 1 is 1.44 bits per heavy atom. The average molecular weight is 241 g/mol. The van der Waals surface area contributed by atoms with Crippen molar-refractivity contribution in [1.29, 1.82) is 0 Å². The van der Waals surface area contributed by atoms with Crippen molar-refractivity contribution in [3.63, 3.8) is 0 Å². The molecule has 0 spiro atoms. The second-order valence-electron chi connectivity index (χ2n) is 4.20. The van der Waals surface area contributed by atoms with Crippen LogP contribution in [-0.4, -0.2) is 36.2 Å². The Morgan fingerprint density at radius 3 is 2.75 bits per heavy atom. The van der Waals surface area contributed by atoms with Crippen LogP contribution < -0.4 is 0 Å². The Hall–Kier alpha value is -0.640. The van der Waals surface area contributed by atoms with Crippen LogP contribution in [0.4, 0.5) is 0 Å². The Kier molecular flexibility index (Phi) is 4.16. The molecule has 1 saturated heterocycles. The number of ether oxygens (including phenoxy) is 1. The minimum Gasteiger partial charge on any atom is -0.381 e. The molecule has 1 fully saturated rings. The van der Waals surface area contributed by atoms with Gasteiger partial charge in [0.15, 0.2) is 0 Å². The van der Waals surface area contributed by atoms with E-state index in [0.717, 1.165) is 32.5 Å². The molecule has 1 aromatic heterocycles. The van der Waals surface area contributed by atoms with Crippen LogP contribution in [0.5, 0.6) is 0 Å². The first-order valence-corrected chi connectivity index (χ1v) is 6.01. The molecule has 0 amide bonds. The third kappa shape index (κ3) is 3.17. The van der Waals surface area contributed by atoms with Gasteiger partial charge in [0, 0.05) is 32.9 Å².